The van der Waals surface area contributed by atoms with Gasteiger partial charge in [-0.05, 0) is 25.1 Å². The lowest BCUT2D eigenvalue weighted by atomic mass is 10.3. The summed E-state index contributed by atoms with van der Waals surface area (Å²) in [6.07, 6.45) is -0.539. The highest BCUT2D eigenvalue weighted by Crippen LogP contribution is 2.09. The van der Waals surface area contributed by atoms with Crippen molar-refractivity contribution in [2.75, 3.05) is 19.5 Å². The number of carbonyl (C=O) groups is 1. The van der Waals surface area contributed by atoms with Crippen molar-refractivity contribution in [2.45, 2.75) is 19.3 Å². The summed E-state index contributed by atoms with van der Waals surface area (Å²) in [5, 5.41) is 5.14. The highest BCUT2D eigenvalue weighted by Gasteiger charge is 2.17. The van der Waals surface area contributed by atoms with Gasteiger partial charge in [-0.1, -0.05) is 6.07 Å². The van der Waals surface area contributed by atoms with Gasteiger partial charge in [0.05, 0.1) is 6.04 Å². The average molecular weight is 256 g/mol. The SMILES string of the molecule is COC(OC)C(C)NC(=O)Nc1cccc(F)c1. The first-order valence-electron chi connectivity index (χ1n) is 5.45. The lowest BCUT2D eigenvalue weighted by Gasteiger charge is -2.22. The zero-order chi connectivity index (χ0) is 13.5. The number of halogens is 1. The summed E-state index contributed by atoms with van der Waals surface area (Å²) < 4.78 is 22.9. The molecule has 1 aromatic carbocycles. The zero-order valence-corrected chi connectivity index (χ0v) is 10.6. The Morgan fingerprint density at radius 1 is 1.33 bits per heavy atom. The second-order valence-electron chi connectivity index (χ2n) is 3.74. The number of methoxy groups -OCH3 is 2. The molecule has 0 fully saturated rings. The number of rotatable bonds is 5. The summed E-state index contributed by atoms with van der Waals surface area (Å²) in [5.41, 5.74) is 0.381. The van der Waals surface area contributed by atoms with E-state index in [1.54, 1.807) is 13.0 Å². The van der Waals surface area contributed by atoms with Crippen molar-refractivity contribution in [3.8, 4) is 0 Å². The largest absolute Gasteiger partial charge is 0.354 e. The second-order valence-corrected chi connectivity index (χ2v) is 3.74. The standard InChI is InChI=1S/C12H17FN2O3/c1-8(11(17-2)18-3)14-12(16)15-10-6-4-5-9(13)7-10/h4-8,11H,1-3H3,(H2,14,15,16). The van der Waals surface area contributed by atoms with Crippen LogP contribution >= 0.6 is 0 Å². The molecule has 0 spiro atoms. The minimum absolute atomic E-state index is 0.339. The summed E-state index contributed by atoms with van der Waals surface area (Å²) >= 11 is 0. The van der Waals surface area contributed by atoms with E-state index in [-0.39, 0.29) is 6.04 Å². The van der Waals surface area contributed by atoms with E-state index >= 15 is 0 Å². The maximum absolute atomic E-state index is 12.9. The quantitative estimate of drug-likeness (QED) is 0.792. The molecular formula is C12H17FN2O3. The third-order valence-electron chi connectivity index (χ3n) is 2.31. The first-order valence-corrected chi connectivity index (χ1v) is 5.45. The fourth-order valence-electron chi connectivity index (χ4n) is 1.51. The molecule has 1 unspecified atom stereocenters. The number of benzene rings is 1. The molecule has 0 aromatic heterocycles. The van der Waals surface area contributed by atoms with Crippen LogP contribution in [0.3, 0.4) is 0 Å². The topological polar surface area (TPSA) is 59.6 Å². The van der Waals surface area contributed by atoms with Gasteiger partial charge in [-0.2, -0.15) is 0 Å². The highest BCUT2D eigenvalue weighted by atomic mass is 19.1. The normalized spacial score (nSPS) is 12.3. The van der Waals surface area contributed by atoms with E-state index in [1.807, 2.05) is 0 Å². The smallest absolute Gasteiger partial charge is 0.319 e. The highest BCUT2D eigenvalue weighted by molar-refractivity contribution is 5.89. The molecule has 2 N–H and O–H groups in total. The van der Waals surface area contributed by atoms with Gasteiger partial charge in [0.15, 0.2) is 6.29 Å². The van der Waals surface area contributed by atoms with Crippen LogP contribution in [-0.2, 0) is 9.47 Å². The number of urea groups is 1. The van der Waals surface area contributed by atoms with Crippen molar-refractivity contribution in [2.24, 2.45) is 0 Å². The van der Waals surface area contributed by atoms with Crippen LogP contribution < -0.4 is 10.6 Å². The van der Waals surface area contributed by atoms with Gasteiger partial charge in [0.1, 0.15) is 5.82 Å². The number of anilines is 1. The zero-order valence-electron chi connectivity index (χ0n) is 10.6. The van der Waals surface area contributed by atoms with Gasteiger partial charge in [-0.25, -0.2) is 9.18 Å². The van der Waals surface area contributed by atoms with Gasteiger partial charge >= 0.3 is 6.03 Å². The molecule has 1 aromatic rings. The average Bonchev–Trinajstić information content (AvgIpc) is 2.30. The minimum atomic E-state index is -0.539. The van der Waals surface area contributed by atoms with Crippen LogP contribution in [0.5, 0.6) is 0 Å². The van der Waals surface area contributed by atoms with Gasteiger partial charge in [-0.3, -0.25) is 0 Å². The summed E-state index contributed by atoms with van der Waals surface area (Å²) in [5.74, 6) is -0.410. The van der Waals surface area contributed by atoms with E-state index < -0.39 is 18.1 Å². The molecule has 0 aliphatic heterocycles. The fraction of sp³-hybridized carbons (Fsp3) is 0.417. The Hall–Kier alpha value is -1.66. The van der Waals surface area contributed by atoms with Crippen molar-refractivity contribution in [3.63, 3.8) is 0 Å². The van der Waals surface area contributed by atoms with Crippen molar-refractivity contribution < 1.29 is 18.7 Å². The van der Waals surface area contributed by atoms with Crippen LogP contribution in [0.4, 0.5) is 14.9 Å². The molecule has 0 saturated heterocycles. The molecule has 0 aliphatic rings. The van der Waals surface area contributed by atoms with E-state index in [4.69, 9.17) is 9.47 Å². The van der Waals surface area contributed by atoms with E-state index in [0.717, 1.165) is 0 Å². The number of ether oxygens (including phenoxy) is 2. The predicted octanol–water partition coefficient (Wildman–Crippen LogP) is 1.95. The van der Waals surface area contributed by atoms with Gasteiger partial charge in [0, 0.05) is 19.9 Å². The van der Waals surface area contributed by atoms with Gasteiger partial charge in [-0.15, -0.1) is 0 Å². The van der Waals surface area contributed by atoms with Gasteiger partial charge in [0.25, 0.3) is 0 Å². The summed E-state index contributed by atoms with van der Waals surface area (Å²) in [6.45, 7) is 1.74. The Bertz CT molecular complexity index is 397. The summed E-state index contributed by atoms with van der Waals surface area (Å²) in [6, 6.07) is 4.85. The number of nitrogens with one attached hydrogen (secondary N) is 2. The maximum Gasteiger partial charge on any atom is 0.319 e. The predicted molar refractivity (Wildman–Crippen MR) is 65.8 cm³/mol. The lowest BCUT2D eigenvalue weighted by molar-refractivity contribution is -0.117. The molecule has 100 valence electrons. The third kappa shape index (κ3) is 4.31. The molecule has 0 bridgehead atoms. The number of hydrogen-bond acceptors (Lipinski definition) is 3. The molecule has 0 saturated carbocycles. The molecule has 0 radical (unpaired) electrons. The summed E-state index contributed by atoms with van der Waals surface area (Å²) in [7, 11) is 2.97. The van der Waals surface area contributed by atoms with Gasteiger partial charge in [0.2, 0.25) is 0 Å². The third-order valence-corrected chi connectivity index (χ3v) is 2.31. The molecule has 1 atom stereocenters. The Balaban J connectivity index is 2.51. The number of hydrogen-bond donors (Lipinski definition) is 2. The lowest BCUT2D eigenvalue weighted by Crippen LogP contribution is -2.44. The Kier molecular flexibility index (Phi) is 5.54. The fourth-order valence-corrected chi connectivity index (χ4v) is 1.51. The van der Waals surface area contributed by atoms with E-state index in [1.165, 1.54) is 32.4 Å². The van der Waals surface area contributed by atoms with E-state index in [0.29, 0.717) is 5.69 Å². The van der Waals surface area contributed by atoms with Crippen LogP contribution in [0.15, 0.2) is 24.3 Å². The molecule has 1 rings (SSSR count). The Morgan fingerprint density at radius 3 is 2.56 bits per heavy atom. The minimum Gasteiger partial charge on any atom is -0.354 e. The van der Waals surface area contributed by atoms with Crippen molar-refractivity contribution >= 4 is 11.7 Å². The molecular weight excluding hydrogens is 239 g/mol. The van der Waals surface area contributed by atoms with Crippen molar-refractivity contribution in [3.05, 3.63) is 30.1 Å². The molecule has 6 heteroatoms. The van der Waals surface area contributed by atoms with Crippen molar-refractivity contribution in [1.29, 1.82) is 0 Å². The van der Waals surface area contributed by atoms with Crippen LogP contribution in [0.1, 0.15) is 6.92 Å². The van der Waals surface area contributed by atoms with Crippen LogP contribution in [0.2, 0.25) is 0 Å². The molecule has 18 heavy (non-hydrogen) atoms. The monoisotopic (exact) mass is 256 g/mol. The van der Waals surface area contributed by atoms with E-state index in [2.05, 4.69) is 10.6 Å². The maximum atomic E-state index is 12.9. The van der Waals surface area contributed by atoms with Crippen LogP contribution in [0.25, 0.3) is 0 Å². The molecule has 0 aliphatic carbocycles. The molecule has 2 amide bonds. The first kappa shape index (κ1) is 14.4. The molecule has 5 nitrogen and oxygen atoms in total. The molecule has 0 heterocycles. The first-order chi connectivity index (χ1) is 8.56. The second kappa shape index (κ2) is 6.93. The number of amides is 2. The Morgan fingerprint density at radius 2 is 2.00 bits per heavy atom. The number of carbonyl (C=O) groups excluding carboxylic acids is 1. The van der Waals surface area contributed by atoms with Crippen LogP contribution in [-0.4, -0.2) is 32.6 Å². The van der Waals surface area contributed by atoms with Crippen molar-refractivity contribution in [1.82, 2.24) is 5.32 Å². The van der Waals surface area contributed by atoms with E-state index in [9.17, 15) is 9.18 Å². The summed E-state index contributed by atoms with van der Waals surface area (Å²) in [4.78, 5) is 11.6. The Labute approximate surface area is 105 Å². The van der Waals surface area contributed by atoms with Gasteiger partial charge < -0.3 is 20.1 Å². The van der Waals surface area contributed by atoms with Crippen LogP contribution in [0, 0.1) is 5.82 Å².